The largest absolute Gasteiger partial charge is 0.308 e. The van der Waals surface area contributed by atoms with Crippen molar-refractivity contribution in [3.8, 4) is 6.07 Å². The number of rotatable bonds is 1. The van der Waals surface area contributed by atoms with E-state index in [4.69, 9.17) is 5.26 Å². The molecule has 0 aliphatic carbocycles. The molecule has 3 heteroatoms. The Morgan fingerprint density at radius 2 is 2.58 bits per heavy atom. The van der Waals surface area contributed by atoms with Crippen LogP contribution < -0.4 is 5.32 Å². The van der Waals surface area contributed by atoms with E-state index in [2.05, 4.69) is 28.9 Å². The van der Waals surface area contributed by atoms with E-state index in [1.54, 1.807) is 11.3 Å². The fourth-order valence-corrected chi connectivity index (χ4v) is 2.36. The Labute approximate surface area is 75.8 Å². The van der Waals surface area contributed by atoms with E-state index in [-0.39, 0.29) is 5.92 Å². The average molecular weight is 178 g/mol. The highest BCUT2D eigenvalue weighted by Gasteiger charge is 2.25. The molecule has 2 nitrogen and oxygen atoms in total. The topological polar surface area (TPSA) is 35.8 Å². The van der Waals surface area contributed by atoms with Gasteiger partial charge in [-0.15, -0.1) is 11.3 Å². The van der Waals surface area contributed by atoms with Gasteiger partial charge in [0.25, 0.3) is 0 Å². The summed E-state index contributed by atoms with van der Waals surface area (Å²) in [7, 11) is 0. The number of thiophene rings is 1. The normalized spacial score (nSPS) is 28.6. The van der Waals surface area contributed by atoms with E-state index < -0.39 is 0 Å². The van der Waals surface area contributed by atoms with E-state index in [1.807, 2.05) is 0 Å². The summed E-state index contributed by atoms with van der Waals surface area (Å²) in [6.07, 6.45) is 0.969. The van der Waals surface area contributed by atoms with Crippen LogP contribution in [0.15, 0.2) is 17.5 Å². The summed E-state index contributed by atoms with van der Waals surface area (Å²) in [5, 5.41) is 14.1. The molecule has 2 heterocycles. The van der Waals surface area contributed by atoms with Gasteiger partial charge in [-0.25, -0.2) is 0 Å². The Balaban J connectivity index is 2.06. The van der Waals surface area contributed by atoms with Crippen molar-refractivity contribution in [1.82, 2.24) is 5.32 Å². The maximum absolute atomic E-state index is 8.69. The van der Waals surface area contributed by atoms with Crippen LogP contribution in [-0.4, -0.2) is 6.54 Å². The van der Waals surface area contributed by atoms with Crippen molar-refractivity contribution < 1.29 is 0 Å². The molecule has 1 saturated heterocycles. The Morgan fingerprint density at radius 3 is 3.17 bits per heavy atom. The van der Waals surface area contributed by atoms with E-state index in [9.17, 15) is 0 Å². The standard InChI is InChI=1S/C9H10N2S/c10-5-7-4-8(11-6-7)9-2-1-3-12-9/h1-3,7-8,11H,4,6H2. The van der Waals surface area contributed by atoms with Crippen LogP contribution in [0.5, 0.6) is 0 Å². The summed E-state index contributed by atoms with van der Waals surface area (Å²) in [5.41, 5.74) is 0. The predicted octanol–water partition coefficient (Wildman–Crippen LogP) is 1.92. The number of nitrogens with zero attached hydrogens (tertiary/aromatic N) is 1. The highest BCUT2D eigenvalue weighted by atomic mass is 32.1. The molecule has 1 N–H and O–H groups in total. The molecule has 2 rings (SSSR count). The van der Waals surface area contributed by atoms with Gasteiger partial charge in [0, 0.05) is 17.5 Å². The molecule has 12 heavy (non-hydrogen) atoms. The maximum Gasteiger partial charge on any atom is 0.0669 e. The zero-order chi connectivity index (χ0) is 8.39. The summed E-state index contributed by atoms with van der Waals surface area (Å²) < 4.78 is 0. The number of nitrogens with one attached hydrogen (secondary N) is 1. The van der Waals surface area contributed by atoms with Crippen molar-refractivity contribution >= 4 is 11.3 Å². The molecule has 1 aliphatic rings. The van der Waals surface area contributed by atoms with E-state index in [0.29, 0.717) is 6.04 Å². The lowest BCUT2D eigenvalue weighted by atomic mass is 10.1. The summed E-state index contributed by atoms with van der Waals surface area (Å²) in [5.74, 6) is 0.206. The van der Waals surface area contributed by atoms with Crippen LogP contribution >= 0.6 is 11.3 Å². The van der Waals surface area contributed by atoms with Crippen LogP contribution in [0.4, 0.5) is 0 Å². The highest BCUT2D eigenvalue weighted by Crippen LogP contribution is 2.29. The molecule has 1 aromatic heterocycles. The first-order chi connectivity index (χ1) is 5.90. The fraction of sp³-hybridized carbons (Fsp3) is 0.444. The molecule has 0 spiro atoms. The average Bonchev–Trinajstić information content (AvgIpc) is 2.75. The quantitative estimate of drug-likeness (QED) is 0.713. The molecule has 1 aromatic rings. The number of hydrogen-bond donors (Lipinski definition) is 1. The summed E-state index contributed by atoms with van der Waals surface area (Å²) in [4.78, 5) is 1.35. The van der Waals surface area contributed by atoms with Crippen LogP contribution in [0.3, 0.4) is 0 Å². The monoisotopic (exact) mass is 178 g/mol. The van der Waals surface area contributed by atoms with E-state index in [0.717, 1.165) is 13.0 Å². The fourth-order valence-electron chi connectivity index (χ4n) is 1.54. The minimum absolute atomic E-state index is 0.206. The zero-order valence-electron chi connectivity index (χ0n) is 6.66. The van der Waals surface area contributed by atoms with Crippen LogP contribution in [-0.2, 0) is 0 Å². The van der Waals surface area contributed by atoms with Gasteiger partial charge in [0.1, 0.15) is 0 Å². The summed E-state index contributed by atoms with van der Waals surface area (Å²) in [6.45, 7) is 0.846. The van der Waals surface area contributed by atoms with Gasteiger partial charge >= 0.3 is 0 Å². The smallest absolute Gasteiger partial charge is 0.0669 e. The first-order valence-electron chi connectivity index (χ1n) is 4.06. The van der Waals surface area contributed by atoms with Crippen molar-refractivity contribution in [3.63, 3.8) is 0 Å². The SMILES string of the molecule is N#CC1CNC(c2cccs2)C1. The summed E-state index contributed by atoms with van der Waals surface area (Å²) >= 11 is 1.76. The lowest BCUT2D eigenvalue weighted by Crippen LogP contribution is -2.12. The van der Waals surface area contributed by atoms with Gasteiger partial charge in [0.15, 0.2) is 0 Å². The molecule has 1 aliphatic heterocycles. The van der Waals surface area contributed by atoms with Crippen LogP contribution in [0.1, 0.15) is 17.3 Å². The molecule has 0 saturated carbocycles. The lowest BCUT2D eigenvalue weighted by molar-refractivity contribution is 0.651. The molecule has 2 unspecified atom stereocenters. The molecule has 0 radical (unpaired) electrons. The Morgan fingerprint density at radius 1 is 1.67 bits per heavy atom. The zero-order valence-corrected chi connectivity index (χ0v) is 7.47. The van der Waals surface area contributed by atoms with Gasteiger partial charge in [-0.2, -0.15) is 5.26 Å². The molecule has 0 amide bonds. The third-order valence-corrected chi connectivity index (χ3v) is 3.19. The van der Waals surface area contributed by atoms with Crippen molar-refractivity contribution in [1.29, 1.82) is 5.26 Å². The minimum atomic E-state index is 0.206. The van der Waals surface area contributed by atoms with Crippen molar-refractivity contribution in [3.05, 3.63) is 22.4 Å². The maximum atomic E-state index is 8.69. The van der Waals surface area contributed by atoms with Gasteiger partial charge in [0.2, 0.25) is 0 Å². The van der Waals surface area contributed by atoms with Gasteiger partial charge in [-0.05, 0) is 17.9 Å². The Bertz CT molecular complexity index is 286. The third-order valence-electron chi connectivity index (χ3n) is 2.20. The second kappa shape index (κ2) is 3.26. The first-order valence-corrected chi connectivity index (χ1v) is 4.94. The summed E-state index contributed by atoms with van der Waals surface area (Å²) in [6, 6.07) is 6.91. The van der Waals surface area contributed by atoms with Gasteiger partial charge in [-0.3, -0.25) is 0 Å². The molecular formula is C9H10N2S. The van der Waals surface area contributed by atoms with Gasteiger partial charge < -0.3 is 5.32 Å². The minimum Gasteiger partial charge on any atom is -0.308 e. The molecule has 2 atom stereocenters. The van der Waals surface area contributed by atoms with E-state index >= 15 is 0 Å². The van der Waals surface area contributed by atoms with Crippen LogP contribution in [0.25, 0.3) is 0 Å². The predicted molar refractivity (Wildman–Crippen MR) is 48.8 cm³/mol. The highest BCUT2D eigenvalue weighted by molar-refractivity contribution is 7.10. The lowest BCUT2D eigenvalue weighted by Gasteiger charge is -2.05. The van der Waals surface area contributed by atoms with Crippen molar-refractivity contribution in [2.45, 2.75) is 12.5 Å². The van der Waals surface area contributed by atoms with E-state index in [1.165, 1.54) is 4.88 Å². The van der Waals surface area contributed by atoms with Crippen molar-refractivity contribution in [2.24, 2.45) is 5.92 Å². The number of hydrogen-bond acceptors (Lipinski definition) is 3. The first kappa shape index (κ1) is 7.78. The van der Waals surface area contributed by atoms with Crippen molar-refractivity contribution in [2.75, 3.05) is 6.54 Å². The molecular weight excluding hydrogens is 168 g/mol. The molecule has 0 aromatic carbocycles. The Hall–Kier alpha value is -0.850. The number of nitriles is 1. The van der Waals surface area contributed by atoms with Gasteiger partial charge in [0.05, 0.1) is 12.0 Å². The second-order valence-electron chi connectivity index (χ2n) is 3.04. The molecule has 62 valence electrons. The van der Waals surface area contributed by atoms with Crippen LogP contribution in [0.2, 0.25) is 0 Å². The Kier molecular flexibility index (Phi) is 2.11. The second-order valence-corrected chi connectivity index (χ2v) is 4.02. The molecule has 1 fully saturated rings. The molecule has 0 bridgehead atoms. The van der Waals surface area contributed by atoms with Crippen LogP contribution in [0, 0.1) is 17.2 Å². The third kappa shape index (κ3) is 1.36. The van der Waals surface area contributed by atoms with Gasteiger partial charge in [-0.1, -0.05) is 6.07 Å².